The molecule has 78 valence electrons. The SMILES string of the molecule is CS(=O)(=O)C1CCN(CCI)CC1. The molecule has 3 nitrogen and oxygen atoms in total. The van der Waals surface area contributed by atoms with E-state index in [1.165, 1.54) is 6.26 Å². The first-order chi connectivity index (χ1) is 6.04. The first-order valence-electron chi connectivity index (χ1n) is 4.51. The third-order valence-corrected chi connectivity index (χ3v) is 4.71. The van der Waals surface area contributed by atoms with Crippen molar-refractivity contribution in [2.75, 3.05) is 30.3 Å². The van der Waals surface area contributed by atoms with E-state index in [-0.39, 0.29) is 5.25 Å². The highest BCUT2D eigenvalue weighted by atomic mass is 127. The third-order valence-electron chi connectivity index (χ3n) is 2.54. The number of nitrogens with zero attached hydrogens (tertiary/aromatic N) is 1. The molecule has 0 saturated carbocycles. The Morgan fingerprint density at radius 3 is 2.31 bits per heavy atom. The molecule has 1 aliphatic heterocycles. The van der Waals surface area contributed by atoms with Gasteiger partial charge >= 0.3 is 0 Å². The minimum Gasteiger partial charge on any atom is -0.302 e. The second-order valence-electron chi connectivity index (χ2n) is 3.56. The summed E-state index contributed by atoms with van der Waals surface area (Å²) in [5, 5.41) is -0.0852. The van der Waals surface area contributed by atoms with Crippen LogP contribution < -0.4 is 0 Å². The third kappa shape index (κ3) is 3.71. The molecule has 1 saturated heterocycles. The Hall–Kier alpha value is 0.640. The van der Waals surface area contributed by atoms with Gasteiger partial charge in [0.25, 0.3) is 0 Å². The fraction of sp³-hybridized carbons (Fsp3) is 1.00. The van der Waals surface area contributed by atoms with Gasteiger partial charge in [0.1, 0.15) is 9.84 Å². The van der Waals surface area contributed by atoms with Crippen LogP contribution in [0, 0.1) is 0 Å². The van der Waals surface area contributed by atoms with Crippen molar-refractivity contribution >= 4 is 32.4 Å². The fourth-order valence-electron chi connectivity index (χ4n) is 1.68. The van der Waals surface area contributed by atoms with Gasteiger partial charge in [0.2, 0.25) is 0 Å². The maximum atomic E-state index is 11.2. The van der Waals surface area contributed by atoms with Crippen molar-refractivity contribution in [1.82, 2.24) is 4.90 Å². The standard InChI is InChI=1S/C8H16INO2S/c1-13(11,12)8-2-5-10(6-3-8)7-4-9/h8H,2-7H2,1H3. The molecule has 1 heterocycles. The van der Waals surface area contributed by atoms with Gasteiger partial charge in [-0.25, -0.2) is 8.42 Å². The Morgan fingerprint density at radius 1 is 1.38 bits per heavy atom. The second-order valence-corrected chi connectivity index (χ2v) is 6.96. The largest absolute Gasteiger partial charge is 0.302 e. The molecule has 0 radical (unpaired) electrons. The van der Waals surface area contributed by atoms with Gasteiger partial charge in [0, 0.05) is 17.2 Å². The zero-order valence-corrected chi connectivity index (χ0v) is 10.8. The van der Waals surface area contributed by atoms with Crippen LogP contribution in [0.3, 0.4) is 0 Å². The topological polar surface area (TPSA) is 37.4 Å². The van der Waals surface area contributed by atoms with Gasteiger partial charge in [-0.1, -0.05) is 22.6 Å². The van der Waals surface area contributed by atoms with Crippen molar-refractivity contribution in [3.05, 3.63) is 0 Å². The predicted molar refractivity (Wildman–Crippen MR) is 63.2 cm³/mol. The van der Waals surface area contributed by atoms with Gasteiger partial charge in [-0.05, 0) is 25.9 Å². The first-order valence-corrected chi connectivity index (χ1v) is 7.99. The zero-order valence-electron chi connectivity index (χ0n) is 7.87. The molecule has 0 unspecified atom stereocenters. The first kappa shape index (κ1) is 11.7. The minimum atomic E-state index is -2.79. The van der Waals surface area contributed by atoms with Crippen LogP contribution in [0.25, 0.3) is 0 Å². The van der Waals surface area contributed by atoms with Crippen LogP contribution in [-0.2, 0) is 9.84 Å². The number of alkyl halides is 1. The highest BCUT2D eigenvalue weighted by molar-refractivity contribution is 14.1. The highest BCUT2D eigenvalue weighted by Gasteiger charge is 2.25. The molecular formula is C8H16INO2S. The van der Waals surface area contributed by atoms with Crippen LogP contribution >= 0.6 is 22.6 Å². The minimum absolute atomic E-state index is 0.0852. The summed E-state index contributed by atoms with van der Waals surface area (Å²) in [4.78, 5) is 2.34. The molecule has 0 aromatic carbocycles. The molecule has 1 aliphatic rings. The van der Waals surface area contributed by atoms with E-state index in [0.29, 0.717) is 0 Å². The summed E-state index contributed by atoms with van der Waals surface area (Å²) in [6, 6.07) is 0. The Morgan fingerprint density at radius 2 is 1.92 bits per heavy atom. The van der Waals surface area contributed by atoms with Gasteiger partial charge in [0.05, 0.1) is 5.25 Å². The predicted octanol–water partition coefficient (Wildman–Crippen LogP) is 0.930. The van der Waals surface area contributed by atoms with Crippen LogP contribution in [0.1, 0.15) is 12.8 Å². The molecule has 5 heteroatoms. The molecule has 0 N–H and O–H groups in total. The molecule has 1 rings (SSSR count). The molecule has 0 aliphatic carbocycles. The highest BCUT2D eigenvalue weighted by Crippen LogP contribution is 2.16. The van der Waals surface area contributed by atoms with E-state index in [1.54, 1.807) is 0 Å². The Labute approximate surface area is 93.9 Å². The molecule has 0 bridgehead atoms. The van der Waals surface area contributed by atoms with Crippen LogP contribution in [0.2, 0.25) is 0 Å². The summed E-state index contributed by atoms with van der Waals surface area (Å²) in [6.45, 7) is 2.98. The van der Waals surface area contributed by atoms with E-state index in [2.05, 4.69) is 27.5 Å². The van der Waals surface area contributed by atoms with Crippen molar-refractivity contribution in [3.63, 3.8) is 0 Å². The number of piperidine rings is 1. The van der Waals surface area contributed by atoms with Gasteiger partial charge in [-0.2, -0.15) is 0 Å². The maximum absolute atomic E-state index is 11.2. The fourth-order valence-corrected chi connectivity index (χ4v) is 3.43. The average Bonchev–Trinajstić information content (AvgIpc) is 2.04. The molecule has 0 spiro atoms. The molecule has 0 aromatic heterocycles. The summed E-state index contributed by atoms with van der Waals surface area (Å²) in [7, 11) is -2.79. The number of halogens is 1. The van der Waals surface area contributed by atoms with Crippen molar-refractivity contribution < 1.29 is 8.42 Å². The van der Waals surface area contributed by atoms with Gasteiger partial charge in [0.15, 0.2) is 0 Å². The molecule has 0 aromatic rings. The van der Waals surface area contributed by atoms with E-state index < -0.39 is 9.84 Å². The van der Waals surface area contributed by atoms with Crippen molar-refractivity contribution in [3.8, 4) is 0 Å². The number of likely N-dealkylation sites (tertiary alicyclic amines) is 1. The zero-order chi connectivity index (χ0) is 9.90. The van der Waals surface area contributed by atoms with E-state index in [4.69, 9.17) is 0 Å². The Bertz CT molecular complexity index is 245. The maximum Gasteiger partial charge on any atom is 0.150 e. The normalized spacial score (nSPS) is 22.0. The number of rotatable bonds is 3. The van der Waals surface area contributed by atoms with E-state index in [1.807, 2.05) is 0 Å². The van der Waals surface area contributed by atoms with Crippen LogP contribution in [0.5, 0.6) is 0 Å². The van der Waals surface area contributed by atoms with E-state index in [9.17, 15) is 8.42 Å². The molecule has 0 amide bonds. The quantitative estimate of drug-likeness (QED) is 0.574. The Balaban J connectivity index is 2.39. The lowest BCUT2D eigenvalue weighted by Gasteiger charge is -2.30. The summed E-state index contributed by atoms with van der Waals surface area (Å²) >= 11 is 2.35. The van der Waals surface area contributed by atoms with Crippen LogP contribution in [0.15, 0.2) is 0 Å². The van der Waals surface area contributed by atoms with Crippen LogP contribution in [-0.4, -0.2) is 48.9 Å². The van der Waals surface area contributed by atoms with Crippen molar-refractivity contribution in [2.24, 2.45) is 0 Å². The van der Waals surface area contributed by atoms with Crippen molar-refractivity contribution in [2.45, 2.75) is 18.1 Å². The summed E-state index contributed by atoms with van der Waals surface area (Å²) in [5.41, 5.74) is 0. The summed E-state index contributed by atoms with van der Waals surface area (Å²) in [6.07, 6.45) is 2.98. The lowest BCUT2D eigenvalue weighted by molar-refractivity contribution is 0.244. The Kier molecular flexibility index (Phi) is 4.44. The van der Waals surface area contributed by atoms with Crippen LogP contribution in [0.4, 0.5) is 0 Å². The average molecular weight is 317 g/mol. The monoisotopic (exact) mass is 317 g/mol. The van der Waals surface area contributed by atoms with E-state index >= 15 is 0 Å². The smallest absolute Gasteiger partial charge is 0.150 e. The number of sulfone groups is 1. The van der Waals surface area contributed by atoms with E-state index in [0.717, 1.165) is 36.9 Å². The second kappa shape index (κ2) is 4.93. The lowest BCUT2D eigenvalue weighted by Crippen LogP contribution is -2.39. The molecular weight excluding hydrogens is 301 g/mol. The number of hydrogen-bond acceptors (Lipinski definition) is 3. The van der Waals surface area contributed by atoms with Gasteiger partial charge < -0.3 is 4.90 Å². The number of hydrogen-bond donors (Lipinski definition) is 0. The molecule has 13 heavy (non-hydrogen) atoms. The molecule has 0 atom stereocenters. The van der Waals surface area contributed by atoms with Gasteiger partial charge in [-0.15, -0.1) is 0 Å². The molecule has 1 fully saturated rings. The summed E-state index contributed by atoms with van der Waals surface area (Å²) in [5.74, 6) is 0. The van der Waals surface area contributed by atoms with Gasteiger partial charge in [-0.3, -0.25) is 0 Å². The summed E-state index contributed by atoms with van der Waals surface area (Å²) < 4.78 is 23.6. The lowest BCUT2D eigenvalue weighted by atomic mass is 10.1. The van der Waals surface area contributed by atoms with Crippen molar-refractivity contribution in [1.29, 1.82) is 0 Å².